The Kier molecular flexibility index (Phi) is 4.25. The molecule has 0 radical (unpaired) electrons. The van der Waals surface area contributed by atoms with E-state index in [1.165, 1.54) is 0 Å². The van der Waals surface area contributed by atoms with Gasteiger partial charge in [0.05, 0.1) is 10.6 Å². The van der Waals surface area contributed by atoms with Crippen molar-refractivity contribution in [2.45, 2.75) is 11.8 Å². The van der Waals surface area contributed by atoms with E-state index in [1.54, 1.807) is 12.1 Å². The lowest BCUT2D eigenvalue weighted by Crippen LogP contribution is -1.98. The van der Waals surface area contributed by atoms with Crippen LogP contribution in [0.1, 0.15) is 12.5 Å². The van der Waals surface area contributed by atoms with Crippen molar-refractivity contribution in [2.24, 2.45) is 5.16 Å². The van der Waals surface area contributed by atoms with Crippen molar-refractivity contribution in [2.75, 3.05) is 0 Å². The van der Waals surface area contributed by atoms with Gasteiger partial charge in [0.1, 0.15) is 0 Å². The zero-order valence-corrected chi connectivity index (χ0v) is 10.8. The molecule has 0 N–H and O–H groups in total. The fourth-order valence-electron chi connectivity index (χ4n) is 1.40. The van der Waals surface area contributed by atoms with Gasteiger partial charge >= 0.3 is 0 Å². The molecular weight excluding hydrogens is 246 g/mol. The molecule has 0 aliphatic carbocycles. The fraction of sp³-hybridized carbons (Fsp3) is 0.0714. The SMILES string of the molecule is CC(=NOS(=O)c1ccccc1)c1ccccc1. The minimum absolute atomic E-state index is 0.599. The summed E-state index contributed by atoms with van der Waals surface area (Å²) in [7, 11) is 0. The first-order valence-corrected chi connectivity index (χ1v) is 6.59. The van der Waals surface area contributed by atoms with Crippen LogP contribution >= 0.6 is 0 Å². The Morgan fingerprint density at radius 3 is 2.17 bits per heavy atom. The molecule has 0 bridgehead atoms. The van der Waals surface area contributed by atoms with Gasteiger partial charge in [0.15, 0.2) is 0 Å². The van der Waals surface area contributed by atoms with E-state index in [-0.39, 0.29) is 0 Å². The second-order valence-electron chi connectivity index (χ2n) is 3.67. The third kappa shape index (κ3) is 3.28. The Hall–Kier alpha value is -1.94. The summed E-state index contributed by atoms with van der Waals surface area (Å²) < 4.78 is 16.8. The average molecular weight is 259 g/mol. The van der Waals surface area contributed by atoms with Gasteiger partial charge in [-0.15, -0.1) is 0 Å². The molecule has 2 aromatic carbocycles. The van der Waals surface area contributed by atoms with Crippen molar-refractivity contribution >= 4 is 16.8 Å². The topological polar surface area (TPSA) is 38.7 Å². The van der Waals surface area contributed by atoms with E-state index < -0.39 is 11.1 Å². The van der Waals surface area contributed by atoms with Gasteiger partial charge in [-0.2, -0.15) is 0 Å². The van der Waals surface area contributed by atoms with E-state index in [0.29, 0.717) is 10.6 Å². The maximum atomic E-state index is 11.8. The first-order chi connectivity index (χ1) is 8.77. The third-order valence-electron chi connectivity index (χ3n) is 2.37. The van der Waals surface area contributed by atoms with Gasteiger partial charge in [-0.05, 0) is 24.6 Å². The summed E-state index contributed by atoms with van der Waals surface area (Å²) in [5.74, 6) is 0. The summed E-state index contributed by atoms with van der Waals surface area (Å²) in [5, 5.41) is 3.89. The van der Waals surface area contributed by atoms with Gasteiger partial charge in [-0.25, -0.2) is 4.21 Å². The largest absolute Gasteiger partial charge is 0.287 e. The molecule has 0 heterocycles. The van der Waals surface area contributed by atoms with Crippen LogP contribution in [0.3, 0.4) is 0 Å². The predicted octanol–water partition coefficient (Wildman–Crippen LogP) is 3.15. The first-order valence-electron chi connectivity index (χ1n) is 5.52. The Labute approximate surface area is 109 Å². The monoisotopic (exact) mass is 259 g/mol. The molecular formula is C14H13NO2S. The molecule has 0 saturated heterocycles. The van der Waals surface area contributed by atoms with Crippen molar-refractivity contribution in [3.8, 4) is 0 Å². The molecule has 2 rings (SSSR count). The highest BCUT2D eigenvalue weighted by Gasteiger charge is 2.04. The van der Waals surface area contributed by atoms with Gasteiger partial charge in [-0.1, -0.05) is 53.7 Å². The summed E-state index contributed by atoms with van der Waals surface area (Å²) >= 11 is -1.57. The molecule has 2 aromatic rings. The highest BCUT2D eigenvalue weighted by molar-refractivity contribution is 7.80. The Bertz CT molecular complexity index is 553. The average Bonchev–Trinajstić information content (AvgIpc) is 2.46. The van der Waals surface area contributed by atoms with Crippen LogP contribution in [-0.2, 0) is 15.4 Å². The van der Waals surface area contributed by atoms with E-state index >= 15 is 0 Å². The van der Waals surface area contributed by atoms with Crippen LogP contribution < -0.4 is 0 Å². The minimum atomic E-state index is -1.57. The van der Waals surface area contributed by atoms with Gasteiger partial charge in [-0.3, -0.25) is 4.28 Å². The highest BCUT2D eigenvalue weighted by Crippen LogP contribution is 2.08. The lowest BCUT2D eigenvalue weighted by Gasteiger charge is -2.01. The summed E-state index contributed by atoms with van der Waals surface area (Å²) in [6, 6.07) is 18.6. The maximum Gasteiger partial charge on any atom is 0.265 e. The van der Waals surface area contributed by atoms with Crippen LogP contribution in [0.4, 0.5) is 0 Å². The zero-order chi connectivity index (χ0) is 12.8. The standard InChI is InChI=1S/C14H13NO2S/c1-12(13-8-4-2-5-9-13)15-17-18(16)14-10-6-3-7-11-14/h2-11H,1H3. The number of rotatable bonds is 4. The molecule has 1 unspecified atom stereocenters. The van der Waals surface area contributed by atoms with E-state index in [2.05, 4.69) is 5.16 Å². The normalized spacial score (nSPS) is 13.1. The van der Waals surface area contributed by atoms with Gasteiger partial charge in [0.2, 0.25) is 0 Å². The third-order valence-corrected chi connectivity index (χ3v) is 3.24. The smallest absolute Gasteiger partial charge is 0.265 e. The molecule has 0 fully saturated rings. The fourth-order valence-corrected chi connectivity index (χ4v) is 2.04. The molecule has 0 aliphatic rings. The molecule has 1 atom stereocenters. The van der Waals surface area contributed by atoms with Crippen molar-refractivity contribution < 1.29 is 8.49 Å². The van der Waals surface area contributed by atoms with Crippen molar-refractivity contribution in [3.63, 3.8) is 0 Å². The Morgan fingerprint density at radius 2 is 1.56 bits per heavy atom. The summed E-state index contributed by atoms with van der Waals surface area (Å²) in [5.41, 5.74) is 1.64. The first kappa shape index (κ1) is 12.5. The zero-order valence-electron chi connectivity index (χ0n) is 9.95. The Morgan fingerprint density at radius 1 is 1.00 bits per heavy atom. The highest BCUT2D eigenvalue weighted by atomic mass is 32.2. The van der Waals surface area contributed by atoms with E-state index in [9.17, 15) is 4.21 Å². The van der Waals surface area contributed by atoms with Crippen LogP contribution in [0.25, 0.3) is 0 Å². The Balaban J connectivity index is 2.05. The predicted molar refractivity (Wildman–Crippen MR) is 72.6 cm³/mol. The van der Waals surface area contributed by atoms with Crippen molar-refractivity contribution in [1.29, 1.82) is 0 Å². The second-order valence-corrected chi connectivity index (χ2v) is 4.75. The quantitative estimate of drug-likeness (QED) is 0.625. The molecule has 92 valence electrons. The molecule has 0 spiro atoms. The number of nitrogens with zero attached hydrogens (tertiary/aromatic N) is 1. The minimum Gasteiger partial charge on any atom is -0.287 e. The molecule has 0 amide bonds. The van der Waals surface area contributed by atoms with Crippen LogP contribution in [0.2, 0.25) is 0 Å². The van der Waals surface area contributed by atoms with Gasteiger partial charge < -0.3 is 0 Å². The van der Waals surface area contributed by atoms with E-state index in [0.717, 1.165) is 5.56 Å². The number of benzene rings is 2. The van der Waals surface area contributed by atoms with Gasteiger partial charge in [0, 0.05) is 0 Å². The summed E-state index contributed by atoms with van der Waals surface area (Å²) in [6.45, 7) is 1.82. The molecule has 0 aromatic heterocycles. The maximum absolute atomic E-state index is 11.8. The van der Waals surface area contributed by atoms with E-state index in [1.807, 2.05) is 55.5 Å². The number of hydrogen-bond donors (Lipinski definition) is 0. The lowest BCUT2D eigenvalue weighted by atomic mass is 10.1. The molecule has 4 heteroatoms. The van der Waals surface area contributed by atoms with Crippen LogP contribution in [0.5, 0.6) is 0 Å². The lowest BCUT2D eigenvalue weighted by molar-refractivity contribution is 0.373. The molecule has 0 aliphatic heterocycles. The van der Waals surface area contributed by atoms with Crippen molar-refractivity contribution in [3.05, 3.63) is 66.2 Å². The van der Waals surface area contributed by atoms with E-state index in [4.69, 9.17) is 4.28 Å². The van der Waals surface area contributed by atoms with Crippen LogP contribution in [-0.4, -0.2) is 9.92 Å². The van der Waals surface area contributed by atoms with Gasteiger partial charge in [0.25, 0.3) is 11.1 Å². The molecule has 0 saturated carbocycles. The van der Waals surface area contributed by atoms with Crippen LogP contribution in [0.15, 0.2) is 70.7 Å². The molecule has 3 nitrogen and oxygen atoms in total. The molecule has 18 heavy (non-hydrogen) atoms. The van der Waals surface area contributed by atoms with Crippen LogP contribution in [0, 0.1) is 0 Å². The van der Waals surface area contributed by atoms with Crippen molar-refractivity contribution in [1.82, 2.24) is 0 Å². The summed E-state index contributed by atoms with van der Waals surface area (Å²) in [6.07, 6.45) is 0. The number of oxime groups is 1. The summed E-state index contributed by atoms with van der Waals surface area (Å²) in [4.78, 5) is 0.599. The second kappa shape index (κ2) is 6.12. The number of hydrogen-bond acceptors (Lipinski definition) is 3.